The molecule has 2 rings (SSSR count). The first-order valence-electron chi connectivity index (χ1n) is 9.21. The van der Waals surface area contributed by atoms with Crippen molar-refractivity contribution in [2.75, 3.05) is 6.61 Å². The molecule has 1 aliphatic rings. The maximum Gasteiger partial charge on any atom is 0.330 e. The molecule has 8 nitrogen and oxygen atoms in total. The molecular formula is C18H28N2O6Si. The smallest absolute Gasteiger partial charge is 0.330 e. The Hall–Kier alpha value is -1.70. The number of nitrogens with zero attached hydrogens (tertiary/aromatic N) is 1. The van der Waals surface area contributed by atoms with E-state index >= 15 is 0 Å². The van der Waals surface area contributed by atoms with Crippen molar-refractivity contribution in [3.05, 3.63) is 32.6 Å². The maximum absolute atomic E-state index is 12.4. The van der Waals surface area contributed by atoms with Gasteiger partial charge in [-0.15, -0.1) is 6.40 Å². The van der Waals surface area contributed by atoms with Crippen LogP contribution >= 0.6 is 0 Å². The standard InChI is InChI=1S/C18H28N2O6Si/c1-8-18(24)12(10-21)25-15(13(18)26-27(6,7)17(3,4)5)20-9-11(2)14(22)19-16(20)23/h1,9,12-13,15,21,24H,10H2,2-7H3,(H,19,22,23)/t12-,13+,15?,18+/m1/s1/i1D. The fourth-order valence-electron chi connectivity index (χ4n) is 2.71. The van der Waals surface area contributed by atoms with Gasteiger partial charge in [0.25, 0.3) is 5.56 Å². The SMILES string of the molecule is [2H]C#C[C@]1(O)[C@@H](CO)OC(n2cc(C)c(=O)[nH]c2=O)[C@@H]1O[Si](C)(C)C(C)(C)C. The van der Waals surface area contributed by atoms with Crippen LogP contribution < -0.4 is 11.2 Å². The molecule has 1 fully saturated rings. The molecule has 0 bridgehead atoms. The summed E-state index contributed by atoms with van der Waals surface area (Å²) in [6.07, 6.45) is -0.229. The lowest BCUT2D eigenvalue weighted by Gasteiger charge is -2.41. The maximum atomic E-state index is 12.4. The van der Waals surface area contributed by atoms with E-state index in [-0.39, 0.29) is 10.6 Å². The van der Waals surface area contributed by atoms with Gasteiger partial charge in [0.1, 0.15) is 13.6 Å². The Bertz CT molecular complexity index is 910. The number of nitrogens with one attached hydrogen (secondary N) is 1. The molecule has 1 aromatic rings. The van der Waals surface area contributed by atoms with Crippen molar-refractivity contribution in [2.24, 2.45) is 0 Å². The van der Waals surface area contributed by atoms with Crippen LogP contribution in [-0.4, -0.2) is 52.5 Å². The van der Waals surface area contributed by atoms with Crippen LogP contribution in [0.15, 0.2) is 15.8 Å². The second kappa shape index (κ2) is 7.03. The molecule has 150 valence electrons. The molecule has 4 atom stereocenters. The minimum Gasteiger partial charge on any atom is -0.405 e. The van der Waals surface area contributed by atoms with Crippen molar-refractivity contribution in [3.63, 3.8) is 0 Å². The Morgan fingerprint density at radius 1 is 1.52 bits per heavy atom. The van der Waals surface area contributed by atoms with E-state index in [4.69, 9.17) is 10.5 Å². The number of hydrogen-bond acceptors (Lipinski definition) is 6. The van der Waals surface area contributed by atoms with E-state index in [0.29, 0.717) is 0 Å². The summed E-state index contributed by atoms with van der Waals surface area (Å²) < 4.78 is 20.5. The zero-order valence-corrected chi connectivity index (χ0v) is 17.5. The Balaban J connectivity index is 2.66. The highest BCUT2D eigenvalue weighted by atomic mass is 28.4. The first-order valence-corrected chi connectivity index (χ1v) is 11.6. The number of aromatic nitrogens is 2. The molecule has 0 aromatic carbocycles. The van der Waals surface area contributed by atoms with Gasteiger partial charge in [-0.1, -0.05) is 26.7 Å². The molecule has 0 saturated carbocycles. The summed E-state index contributed by atoms with van der Waals surface area (Å²) in [7, 11) is -2.48. The van der Waals surface area contributed by atoms with Gasteiger partial charge in [-0.05, 0) is 25.1 Å². The van der Waals surface area contributed by atoms with E-state index in [9.17, 15) is 19.8 Å². The summed E-state index contributed by atoms with van der Waals surface area (Å²) in [5.74, 6) is 2.39. The lowest BCUT2D eigenvalue weighted by molar-refractivity contribution is -0.0624. The molecule has 1 aromatic heterocycles. The molecule has 0 aliphatic carbocycles. The minimum absolute atomic E-state index is 0.226. The van der Waals surface area contributed by atoms with Crippen molar-refractivity contribution in [1.82, 2.24) is 9.55 Å². The van der Waals surface area contributed by atoms with E-state index in [2.05, 4.69) is 10.9 Å². The van der Waals surface area contributed by atoms with Crippen LogP contribution in [0, 0.1) is 19.2 Å². The Morgan fingerprint density at radius 3 is 2.67 bits per heavy atom. The van der Waals surface area contributed by atoms with Gasteiger partial charge in [-0.2, -0.15) is 0 Å². The topological polar surface area (TPSA) is 114 Å². The predicted molar refractivity (Wildman–Crippen MR) is 103 cm³/mol. The van der Waals surface area contributed by atoms with Gasteiger partial charge in [0.15, 0.2) is 20.1 Å². The summed E-state index contributed by atoms with van der Waals surface area (Å²) in [4.78, 5) is 26.3. The quantitative estimate of drug-likeness (QED) is 0.503. The molecule has 1 saturated heterocycles. The third-order valence-electron chi connectivity index (χ3n) is 5.50. The molecule has 0 radical (unpaired) electrons. The zero-order valence-electron chi connectivity index (χ0n) is 17.5. The predicted octanol–water partition coefficient (Wildman–Crippen LogP) is 0.489. The average Bonchev–Trinajstić information content (AvgIpc) is 2.82. The Labute approximate surface area is 160 Å². The molecule has 3 N–H and O–H groups in total. The van der Waals surface area contributed by atoms with Gasteiger partial charge < -0.3 is 19.4 Å². The van der Waals surface area contributed by atoms with E-state index < -0.39 is 50.2 Å². The number of aromatic amines is 1. The van der Waals surface area contributed by atoms with Crippen molar-refractivity contribution < 1.29 is 20.7 Å². The molecular weight excluding hydrogens is 368 g/mol. The highest BCUT2D eigenvalue weighted by molar-refractivity contribution is 6.74. The second-order valence-electron chi connectivity index (χ2n) is 8.43. The number of terminal acetylenes is 1. The number of ether oxygens (including phenoxy) is 1. The van der Waals surface area contributed by atoms with Crippen LogP contribution in [-0.2, 0) is 9.16 Å². The highest BCUT2D eigenvalue weighted by Crippen LogP contribution is 2.44. The summed E-state index contributed by atoms with van der Waals surface area (Å²) in [5.41, 5.74) is -2.98. The largest absolute Gasteiger partial charge is 0.405 e. The minimum atomic E-state index is -2.48. The van der Waals surface area contributed by atoms with Crippen molar-refractivity contribution in [1.29, 1.82) is 0 Å². The summed E-state index contributed by atoms with van der Waals surface area (Å²) >= 11 is 0. The summed E-state index contributed by atoms with van der Waals surface area (Å²) in [6.45, 7) is 10.9. The number of rotatable bonds is 4. The average molecular weight is 398 g/mol. The van der Waals surface area contributed by atoms with Gasteiger partial charge in [0.2, 0.25) is 0 Å². The lowest BCUT2D eigenvalue weighted by atomic mass is 9.93. The third-order valence-corrected chi connectivity index (χ3v) is 9.96. The van der Waals surface area contributed by atoms with Gasteiger partial charge in [-0.3, -0.25) is 14.3 Å². The van der Waals surface area contributed by atoms with Crippen LogP contribution in [0.2, 0.25) is 18.1 Å². The number of hydrogen-bond donors (Lipinski definition) is 3. The fraction of sp³-hybridized carbons (Fsp3) is 0.667. The van der Waals surface area contributed by atoms with Gasteiger partial charge in [0, 0.05) is 11.8 Å². The van der Waals surface area contributed by atoms with Gasteiger partial charge >= 0.3 is 5.69 Å². The Morgan fingerprint density at radius 2 is 2.15 bits per heavy atom. The van der Waals surface area contributed by atoms with Crippen LogP contribution in [0.3, 0.4) is 0 Å². The third kappa shape index (κ3) is 3.68. The number of aryl methyl sites for hydroxylation is 1. The summed E-state index contributed by atoms with van der Waals surface area (Å²) in [6, 6.07) is 0. The van der Waals surface area contributed by atoms with Crippen LogP contribution in [0.25, 0.3) is 0 Å². The zero-order chi connectivity index (χ0) is 21.5. The van der Waals surface area contributed by atoms with Crippen LogP contribution in [0.5, 0.6) is 0 Å². The van der Waals surface area contributed by atoms with Crippen LogP contribution in [0.1, 0.15) is 33.9 Å². The first-order chi connectivity index (χ1) is 12.8. The van der Waals surface area contributed by atoms with E-state index in [0.717, 1.165) is 4.57 Å². The Kier molecular flexibility index (Phi) is 5.22. The number of aliphatic hydroxyl groups is 2. The molecule has 1 unspecified atom stereocenters. The highest BCUT2D eigenvalue weighted by Gasteiger charge is 2.59. The summed E-state index contributed by atoms with van der Waals surface area (Å²) in [5, 5.41) is 20.7. The molecule has 0 amide bonds. The van der Waals surface area contributed by atoms with Gasteiger partial charge in [-0.25, -0.2) is 4.79 Å². The number of H-pyrrole nitrogens is 1. The molecule has 0 spiro atoms. The second-order valence-corrected chi connectivity index (χ2v) is 13.2. The molecule has 9 heteroatoms. The fourth-order valence-corrected chi connectivity index (χ4v) is 3.99. The van der Waals surface area contributed by atoms with Gasteiger partial charge in [0.05, 0.1) is 6.61 Å². The molecule has 27 heavy (non-hydrogen) atoms. The lowest BCUT2D eigenvalue weighted by Crippen LogP contribution is -2.55. The van der Waals surface area contributed by atoms with E-state index in [1.54, 1.807) is 0 Å². The number of aliphatic hydroxyl groups excluding tert-OH is 1. The van der Waals surface area contributed by atoms with Crippen molar-refractivity contribution >= 4 is 8.32 Å². The van der Waals surface area contributed by atoms with Crippen molar-refractivity contribution in [3.8, 4) is 12.3 Å². The van der Waals surface area contributed by atoms with Crippen LogP contribution in [0.4, 0.5) is 0 Å². The molecule has 1 aliphatic heterocycles. The van der Waals surface area contributed by atoms with E-state index in [1.165, 1.54) is 13.1 Å². The monoisotopic (exact) mass is 397 g/mol. The van der Waals surface area contributed by atoms with E-state index in [1.807, 2.05) is 40.3 Å². The van der Waals surface area contributed by atoms with Crippen molar-refractivity contribution in [2.45, 2.75) is 69.9 Å². The first kappa shape index (κ1) is 20.0. The normalized spacial score (nSPS) is 29.2. The molecule has 2 heterocycles.